The lowest BCUT2D eigenvalue weighted by atomic mass is 10.1. The van der Waals surface area contributed by atoms with Gasteiger partial charge in [0.2, 0.25) is 10.0 Å². The van der Waals surface area contributed by atoms with Gasteiger partial charge in [-0.1, -0.05) is 11.8 Å². The second kappa shape index (κ2) is 7.00. The van der Waals surface area contributed by atoms with Gasteiger partial charge in [0, 0.05) is 18.7 Å². The van der Waals surface area contributed by atoms with E-state index in [1.165, 1.54) is 12.1 Å². The van der Waals surface area contributed by atoms with Crippen molar-refractivity contribution in [3.05, 3.63) is 29.6 Å². The summed E-state index contributed by atoms with van der Waals surface area (Å²) in [6.07, 6.45) is 0.804. The minimum absolute atomic E-state index is 0.137. The van der Waals surface area contributed by atoms with Crippen molar-refractivity contribution in [3.63, 3.8) is 0 Å². The second-order valence-electron chi connectivity index (χ2n) is 4.73. The number of nitrogens with one attached hydrogen (secondary N) is 1. The van der Waals surface area contributed by atoms with Crippen LogP contribution in [0.25, 0.3) is 0 Å². The van der Waals surface area contributed by atoms with Gasteiger partial charge in [-0.25, -0.2) is 17.5 Å². The van der Waals surface area contributed by atoms with E-state index < -0.39 is 15.8 Å². The van der Waals surface area contributed by atoms with Crippen molar-refractivity contribution in [2.75, 3.05) is 26.3 Å². The highest BCUT2D eigenvalue weighted by Gasteiger charge is 2.22. The third kappa shape index (κ3) is 4.25. The molecule has 1 aliphatic rings. The van der Waals surface area contributed by atoms with E-state index in [1.54, 1.807) is 0 Å². The number of hydrogen-bond acceptors (Lipinski definition) is 4. The summed E-state index contributed by atoms with van der Waals surface area (Å²) in [7, 11) is -3.87. The minimum atomic E-state index is -3.87. The van der Waals surface area contributed by atoms with E-state index in [9.17, 15) is 12.8 Å². The smallest absolute Gasteiger partial charge is 0.243 e. The van der Waals surface area contributed by atoms with Gasteiger partial charge in [0.15, 0.2) is 0 Å². The number of benzene rings is 1. The van der Waals surface area contributed by atoms with Gasteiger partial charge in [-0.2, -0.15) is 0 Å². The number of ether oxygens (including phenoxy) is 1. The molecule has 0 saturated carbocycles. The zero-order valence-corrected chi connectivity index (χ0v) is 12.2. The van der Waals surface area contributed by atoms with Crippen LogP contribution in [0.15, 0.2) is 23.1 Å². The molecule has 0 radical (unpaired) electrons. The summed E-state index contributed by atoms with van der Waals surface area (Å²) in [5, 5.41) is 0. The highest BCUT2D eigenvalue weighted by molar-refractivity contribution is 7.89. The first-order valence-electron chi connectivity index (χ1n) is 6.59. The molecule has 1 aliphatic heterocycles. The van der Waals surface area contributed by atoms with Crippen LogP contribution in [-0.4, -0.2) is 34.7 Å². The van der Waals surface area contributed by atoms with Crippen LogP contribution in [-0.2, 0) is 14.8 Å². The van der Waals surface area contributed by atoms with Crippen LogP contribution in [0.2, 0.25) is 0 Å². The van der Waals surface area contributed by atoms with E-state index in [0.717, 1.165) is 12.5 Å². The molecule has 1 atom stereocenters. The second-order valence-corrected chi connectivity index (χ2v) is 6.47. The molecule has 1 fully saturated rings. The lowest BCUT2D eigenvalue weighted by Crippen LogP contribution is -2.30. The molecular weight excluding hydrogens is 295 g/mol. The van der Waals surface area contributed by atoms with Gasteiger partial charge in [-0.15, -0.1) is 0 Å². The summed E-state index contributed by atoms with van der Waals surface area (Å²) in [5.74, 6) is 4.55. The maximum absolute atomic E-state index is 13.9. The summed E-state index contributed by atoms with van der Waals surface area (Å²) in [6.45, 7) is 1.57. The van der Waals surface area contributed by atoms with Crippen LogP contribution in [0.5, 0.6) is 0 Å². The summed E-state index contributed by atoms with van der Waals surface area (Å²) >= 11 is 0. The molecule has 1 unspecified atom stereocenters. The molecule has 0 spiro atoms. The lowest BCUT2D eigenvalue weighted by Gasteiger charge is -2.11. The van der Waals surface area contributed by atoms with Gasteiger partial charge in [0.25, 0.3) is 0 Å². The Morgan fingerprint density at radius 2 is 2.29 bits per heavy atom. The average Bonchev–Trinajstić information content (AvgIpc) is 2.96. The molecule has 114 valence electrons. The van der Waals surface area contributed by atoms with Crippen molar-refractivity contribution in [2.45, 2.75) is 11.3 Å². The van der Waals surface area contributed by atoms with Gasteiger partial charge >= 0.3 is 0 Å². The van der Waals surface area contributed by atoms with E-state index in [-0.39, 0.29) is 23.9 Å². The molecule has 3 N–H and O–H groups in total. The minimum Gasteiger partial charge on any atom is -0.381 e. The average molecular weight is 312 g/mol. The van der Waals surface area contributed by atoms with E-state index in [2.05, 4.69) is 16.6 Å². The molecule has 1 heterocycles. The summed E-state index contributed by atoms with van der Waals surface area (Å²) in [4.78, 5) is -0.375. The molecule has 0 amide bonds. The van der Waals surface area contributed by atoms with Crippen molar-refractivity contribution in [1.82, 2.24) is 4.72 Å². The molecule has 2 rings (SSSR count). The molecule has 1 aromatic carbocycles. The lowest BCUT2D eigenvalue weighted by molar-refractivity contribution is 0.186. The van der Waals surface area contributed by atoms with Gasteiger partial charge in [0.05, 0.1) is 13.2 Å². The molecule has 7 heteroatoms. The monoisotopic (exact) mass is 312 g/mol. The van der Waals surface area contributed by atoms with E-state index >= 15 is 0 Å². The third-order valence-electron chi connectivity index (χ3n) is 3.14. The zero-order chi connectivity index (χ0) is 15.3. The molecular formula is C14H17FN2O3S. The summed E-state index contributed by atoms with van der Waals surface area (Å²) < 4.78 is 45.7. The number of halogens is 1. The summed E-state index contributed by atoms with van der Waals surface area (Å²) in [5.41, 5.74) is 5.62. The normalized spacial score (nSPS) is 18.3. The van der Waals surface area contributed by atoms with E-state index in [0.29, 0.717) is 18.8 Å². The Morgan fingerprint density at radius 3 is 2.90 bits per heavy atom. The Kier molecular flexibility index (Phi) is 5.31. The summed E-state index contributed by atoms with van der Waals surface area (Å²) in [6, 6.07) is 3.76. The van der Waals surface area contributed by atoms with Crippen LogP contribution < -0.4 is 10.5 Å². The fraction of sp³-hybridized carbons (Fsp3) is 0.429. The number of sulfonamides is 1. The SMILES string of the molecule is NCC#Cc1ccc(S(=O)(=O)NCC2CCOC2)c(F)c1. The molecule has 21 heavy (non-hydrogen) atoms. The largest absolute Gasteiger partial charge is 0.381 e. The zero-order valence-electron chi connectivity index (χ0n) is 11.4. The first-order chi connectivity index (χ1) is 10.0. The Balaban J connectivity index is 2.11. The maximum atomic E-state index is 13.9. The van der Waals surface area contributed by atoms with E-state index in [4.69, 9.17) is 10.5 Å². The Bertz CT molecular complexity index is 659. The first-order valence-corrected chi connectivity index (χ1v) is 8.07. The fourth-order valence-corrected chi connectivity index (χ4v) is 3.17. The highest BCUT2D eigenvalue weighted by atomic mass is 32.2. The molecule has 5 nitrogen and oxygen atoms in total. The van der Waals surface area contributed by atoms with Gasteiger partial charge in [-0.3, -0.25) is 0 Å². The molecule has 1 aromatic rings. The third-order valence-corrected chi connectivity index (χ3v) is 4.60. The maximum Gasteiger partial charge on any atom is 0.243 e. The highest BCUT2D eigenvalue weighted by Crippen LogP contribution is 2.17. The van der Waals surface area contributed by atoms with Crippen LogP contribution >= 0.6 is 0 Å². The Morgan fingerprint density at radius 1 is 1.48 bits per heavy atom. The topological polar surface area (TPSA) is 81.4 Å². The standard InChI is InChI=1S/C14H17FN2O3S/c15-13-8-11(2-1-6-16)3-4-14(13)21(18,19)17-9-12-5-7-20-10-12/h3-4,8,12,17H,5-7,9-10,16H2. The van der Waals surface area contributed by atoms with Crippen molar-refractivity contribution < 1.29 is 17.5 Å². The van der Waals surface area contributed by atoms with Crippen molar-refractivity contribution in [1.29, 1.82) is 0 Å². The number of hydrogen-bond donors (Lipinski definition) is 2. The number of rotatable bonds is 4. The predicted molar refractivity (Wildman–Crippen MR) is 76.4 cm³/mol. The Labute approximate surface area is 123 Å². The van der Waals surface area contributed by atoms with Crippen LogP contribution in [0.1, 0.15) is 12.0 Å². The van der Waals surface area contributed by atoms with Crippen molar-refractivity contribution in [3.8, 4) is 11.8 Å². The molecule has 0 aromatic heterocycles. The Hall–Kier alpha value is -1.46. The van der Waals surface area contributed by atoms with Gasteiger partial charge in [-0.05, 0) is 30.5 Å². The van der Waals surface area contributed by atoms with Crippen LogP contribution in [0, 0.1) is 23.6 Å². The predicted octanol–water partition coefficient (Wildman–Crippen LogP) is 0.451. The quantitative estimate of drug-likeness (QED) is 0.791. The van der Waals surface area contributed by atoms with Crippen molar-refractivity contribution in [2.24, 2.45) is 11.7 Å². The molecule has 0 bridgehead atoms. The van der Waals surface area contributed by atoms with Gasteiger partial charge < -0.3 is 10.5 Å². The molecule has 0 aliphatic carbocycles. The van der Waals surface area contributed by atoms with Crippen LogP contribution in [0.3, 0.4) is 0 Å². The fourth-order valence-electron chi connectivity index (χ4n) is 2.00. The first kappa shape index (κ1) is 15.9. The van der Waals surface area contributed by atoms with E-state index in [1.807, 2.05) is 0 Å². The molecule has 1 saturated heterocycles. The van der Waals surface area contributed by atoms with Gasteiger partial charge in [0.1, 0.15) is 10.7 Å². The van der Waals surface area contributed by atoms with Crippen LogP contribution in [0.4, 0.5) is 4.39 Å². The van der Waals surface area contributed by atoms with Crippen molar-refractivity contribution >= 4 is 10.0 Å². The number of nitrogens with two attached hydrogens (primary N) is 1.